The maximum atomic E-state index is 13.9. The molecule has 1 fully saturated rings. The van der Waals surface area contributed by atoms with Crippen molar-refractivity contribution in [2.24, 2.45) is 0 Å². The van der Waals surface area contributed by atoms with Crippen LogP contribution in [0.3, 0.4) is 0 Å². The fourth-order valence-corrected chi connectivity index (χ4v) is 4.06. The van der Waals surface area contributed by atoms with E-state index in [1.165, 1.54) is 18.3 Å². The zero-order valence-electron chi connectivity index (χ0n) is 18.5. The molecule has 0 radical (unpaired) electrons. The van der Waals surface area contributed by atoms with E-state index in [1.807, 2.05) is 0 Å². The second kappa shape index (κ2) is 9.21. The van der Waals surface area contributed by atoms with E-state index in [0.717, 1.165) is 25.3 Å². The number of aromatic nitrogens is 5. The van der Waals surface area contributed by atoms with E-state index in [1.54, 1.807) is 12.2 Å². The van der Waals surface area contributed by atoms with Gasteiger partial charge in [-0.05, 0) is 43.5 Å². The van der Waals surface area contributed by atoms with Gasteiger partial charge in [-0.15, -0.1) is 0 Å². The number of rotatable bonds is 5. The van der Waals surface area contributed by atoms with Gasteiger partial charge in [0.2, 0.25) is 5.82 Å². The Morgan fingerprint density at radius 2 is 1.92 bits per heavy atom. The molecule has 1 aromatic carbocycles. The number of benzene rings is 1. The summed E-state index contributed by atoms with van der Waals surface area (Å²) in [7, 11) is 0. The summed E-state index contributed by atoms with van der Waals surface area (Å²) < 4.78 is 93.2. The first-order chi connectivity index (χ1) is 17.1. The number of halogens is 6. The lowest BCUT2D eigenvalue weighted by molar-refractivity contribution is -0.155. The molecular weight excluding hydrogens is 492 g/mol. The van der Waals surface area contributed by atoms with Crippen molar-refractivity contribution < 1.29 is 35.8 Å². The van der Waals surface area contributed by atoms with Crippen LogP contribution in [0.2, 0.25) is 0 Å². The molecule has 1 aliphatic rings. The molecule has 13 heteroatoms. The Morgan fingerprint density at radius 3 is 2.64 bits per heavy atom. The maximum Gasteiger partial charge on any atom is 0.450 e. The predicted molar refractivity (Wildman–Crippen MR) is 117 cm³/mol. The topological polar surface area (TPSA) is 77.9 Å². The third-order valence-corrected chi connectivity index (χ3v) is 5.68. The van der Waals surface area contributed by atoms with Crippen molar-refractivity contribution in [3.05, 3.63) is 53.6 Å². The largest absolute Gasteiger partial charge is 0.450 e. The lowest BCUT2D eigenvalue weighted by atomic mass is 10.1. The molecular formula is C23H19F6N5O2. The molecule has 7 nitrogen and oxygen atoms in total. The Kier molecular flexibility index (Phi) is 6.20. The summed E-state index contributed by atoms with van der Waals surface area (Å²) in [6.07, 6.45) is -2.65. The highest BCUT2D eigenvalue weighted by atomic mass is 19.4. The molecule has 1 N–H and O–H groups in total. The van der Waals surface area contributed by atoms with Crippen molar-refractivity contribution in [3.63, 3.8) is 0 Å². The van der Waals surface area contributed by atoms with Crippen LogP contribution in [0.25, 0.3) is 33.8 Å². The fraction of sp³-hybridized carbons (Fsp3) is 0.348. The first-order valence-corrected chi connectivity index (χ1v) is 11.0. The van der Waals surface area contributed by atoms with Crippen molar-refractivity contribution in [1.82, 2.24) is 24.7 Å². The van der Waals surface area contributed by atoms with Gasteiger partial charge in [0.1, 0.15) is 11.2 Å². The van der Waals surface area contributed by atoms with E-state index >= 15 is 0 Å². The van der Waals surface area contributed by atoms with Gasteiger partial charge in [-0.25, -0.2) is 9.97 Å². The third kappa shape index (κ3) is 4.80. The van der Waals surface area contributed by atoms with Crippen LogP contribution in [0.4, 0.5) is 26.3 Å². The summed E-state index contributed by atoms with van der Waals surface area (Å²) in [6, 6.07) is 4.25. The Hall–Kier alpha value is -3.45. The molecule has 4 aromatic rings. The Morgan fingerprint density at radius 1 is 1.08 bits per heavy atom. The van der Waals surface area contributed by atoms with Crippen LogP contribution in [-0.4, -0.2) is 44.2 Å². The Labute approximate surface area is 199 Å². The van der Waals surface area contributed by atoms with Gasteiger partial charge in [0.25, 0.3) is 0 Å². The maximum absolute atomic E-state index is 13.9. The van der Waals surface area contributed by atoms with Crippen molar-refractivity contribution in [2.75, 3.05) is 13.2 Å². The van der Waals surface area contributed by atoms with Crippen LogP contribution in [0.15, 0.2) is 36.5 Å². The number of ether oxygens (including phenoxy) is 2. The normalized spacial score (nSPS) is 17.6. The van der Waals surface area contributed by atoms with Crippen LogP contribution in [0, 0.1) is 0 Å². The minimum Gasteiger partial charge on any atom is -0.353 e. The molecule has 1 unspecified atom stereocenters. The number of fused-ring (bicyclic) bond motifs is 2. The summed E-state index contributed by atoms with van der Waals surface area (Å²) in [5, 5.41) is 7.18. The molecule has 0 amide bonds. The number of H-pyrrole nitrogens is 1. The molecule has 36 heavy (non-hydrogen) atoms. The number of imidazole rings is 1. The number of hydrogen-bond donors (Lipinski definition) is 1. The van der Waals surface area contributed by atoms with E-state index in [9.17, 15) is 26.3 Å². The number of nitrogens with one attached hydrogen (secondary N) is 1. The lowest BCUT2D eigenvalue weighted by Gasteiger charge is -2.21. The summed E-state index contributed by atoms with van der Waals surface area (Å²) in [4.78, 5) is 7.02. The fourth-order valence-electron chi connectivity index (χ4n) is 4.06. The summed E-state index contributed by atoms with van der Waals surface area (Å²) in [5.41, 5.74) is -1.28. The first-order valence-electron chi connectivity index (χ1n) is 11.0. The van der Waals surface area contributed by atoms with Gasteiger partial charge in [-0.1, -0.05) is 12.2 Å². The van der Waals surface area contributed by atoms with Gasteiger partial charge >= 0.3 is 12.4 Å². The molecule has 0 spiro atoms. The number of aromatic amines is 1. The standard InChI is InChI=1S/C23H19F6N5O2/c24-22(25,26)17-7-6-16-20(32-17)34(21(31-16)23(27,28)29)15-10-13(19-14(11-15)12-30-33-19)4-3-9-36-18-5-1-2-8-35-18/h3-4,6-7,10-12,18H,1-2,5,8-9H2,(H,30,33)/b4-3+. The van der Waals surface area contributed by atoms with Crippen molar-refractivity contribution >= 4 is 28.1 Å². The molecule has 0 aliphatic carbocycles. The molecule has 3 aromatic heterocycles. The third-order valence-electron chi connectivity index (χ3n) is 5.68. The monoisotopic (exact) mass is 511 g/mol. The molecule has 1 saturated heterocycles. The predicted octanol–water partition coefficient (Wildman–Crippen LogP) is 5.89. The molecule has 0 saturated carbocycles. The van der Waals surface area contributed by atoms with E-state index < -0.39 is 29.5 Å². The summed E-state index contributed by atoms with van der Waals surface area (Å²) >= 11 is 0. The van der Waals surface area contributed by atoms with Crippen LogP contribution < -0.4 is 0 Å². The van der Waals surface area contributed by atoms with Crippen molar-refractivity contribution in [1.29, 1.82) is 0 Å². The minimum absolute atomic E-state index is 0.0678. The molecule has 1 atom stereocenters. The van der Waals surface area contributed by atoms with Gasteiger partial charge in [0, 0.05) is 17.6 Å². The van der Waals surface area contributed by atoms with Crippen LogP contribution >= 0.6 is 0 Å². The molecule has 1 aliphatic heterocycles. The molecule has 190 valence electrons. The van der Waals surface area contributed by atoms with Gasteiger partial charge in [0.15, 0.2) is 11.9 Å². The highest BCUT2D eigenvalue weighted by Crippen LogP contribution is 2.36. The number of pyridine rings is 1. The lowest BCUT2D eigenvalue weighted by Crippen LogP contribution is -2.22. The molecule has 5 rings (SSSR count). The average molecular weight is 511 g/mol. The minimum atomic E-state index is -4.95. The smallest absolute Gasteiger partial charge is 0.353 e. The van der Waals surface area contributed by atoms with E-state index in [2.05, 4.69) is 20.2 Å². The molecule has 0 bridgehead atoms. The number of nitrogens with zero attached hydrogens (tertiary/aromatic N) is 4. The average Bonchev–Trinajstić information content (AvgIpc) is 3.46. The summed E-state index contributed by atoms with van der Waals surface area (Å²) in [5.74, 6) is -1.39. The molecule has 4 heterocycles. The van der Waals surface area contributed by atoms with Gasteiger partial charge in [-0.3, -0.25) is 9.67 Å². The quantitative estimate of drug-likeness (QED) is 0.338. The van der Waals surface area contributed by atoms with E-state index in [-0.39, 0.29) is 24.1 Å². The highest BCUT2D eigenvalue weighted by molar-refractivity contribution is 5.89. The van der Waals surface area contributed by atoms with Crippen molar-refractivity contribution in [3.8, 4) is 5.69 Å². The first kappa shape index (κ1) is 24.3. The number of alkyl halides is 6. The Balaban J connectivity index is 1.58. The SMILES string of the molecule is FC(F)(F)c1ccc2nc(C(F)(F)F)n(-c3cc(/C=C/COC4CCCCO4)c4[nH]ncc4c3)c2n1. The number of hydrogen-bond acceptors (Lipinski definition) is 5. The second-order valence-electron chi connectivity index (χ2n) is 8.21. The van der Waals surface area contributed by atoms with Gasteiger partial charge in [-0.2, -0.15) is 31.4 Å². The summed E-state index contributed by atoms with van der Waals surface area (Å²) in [6.45, 7) is 0.818. The van der Waals surface area contributed by atoms with E-state index in [4.69, 9.17) is 9.47 Å². The zero-order valence-corrected chi connectivity index (χ0v) is 18.5. The van der Waals surface area contributed by atoms with Crippen LogP contribution in [0.5, 0.6) is 0 Å². The van der Waals surface area contributed by atoms with Gasteiger partial charge in [0.05, 0.1) is 24.0 Å². The second-order valence-corrected chi connectivity index (χ2v) is 8.21. The van der Waals surface area contributed by atoms with Crippen LogP contribution in [0.1, 0.15) is 36.3 Å². The highest BCUT2D eigenvalue weighted by Gasteiger charge is 2.40. The zero-order chi connectivity index (χ0) is 25.5. The van der Waals surface area contributed by atoms with E-state index in [0.29, 0.717) is 33.7 Å². The van der Waals surface area contributed by atoms with Crippen molar-refractivity contribution in [2.45, 2.75) is 37.9 Å². The van der Waals surface area contributed by atoms with Crippen LogP contribution in [-0.2, 0) is 21.8 Å². The Bertz CT molecular complexity index is 1420. The van der Waals surface area contributed by atoms with Gasteiger partial charge < -0.3 is 9.47 Å².